The molecule has 1 aromatic rings. The van der Waals surface area contributed by atoms with E-state index in [0.29, 0.717) is 11.4 Å². The van der Waals surface area contributed by atoms with Crippen molar-refractivity contribution in [2.45, 2.75) is 57.8 Å². The summed E-state index contributed by atoms with van der Waals surface area (Å²) in [4.78, 5) is 0.326. The molecule has 132 valence electrons. The molecule has 0 unspecified atom stereocenters. The van der Waals surface area contributed by atoms with Crippen LogP contribution in [0.3, 0.4) is 0 Å². The first-order valence-electron chi connectivity index (χ1n) is 8.70. The predicted octanol–water partition coefficient (Wildman–Crippen LogP) is 4.75. The predicted molar refractivity (Wildman–Crippen MR) is 100 cm³/mol. The molecule has 0 heterocycles. The standard InChI is InChI=1S/C20H29NO2S/c1-17-11-13-19(14-12-17)24(22,23)21-16-20(2,3)15-7-10-18-8-5-4-6-9-18/h7-8,10-14,21H,4-6,9,15-16H2,1-3H3/b10-7+. The second-order valence-corrected chi connectivity index (χ2v) is 9.20. The zero-order valence-electron chi connectivity index (χ0n) is 15.0. The molecule has 1 aliphatic rings. The third kappa shape index (κ3) is 5.91. The highest BCUT2D eigenvalue weighted by Gasteiger charge is 2.21. The summed E-state index contributed by atoms with van der Waals surface area (Å²) in [5, 5.41) is 0. The van der Waals surface area contributed by atoms with Crippen molar-refractivity contribution < 1.29 is 8.42 Å². The van der Waals surface area contributed by atoms with Crippen molar-refractivity contribution in [2.24, 2.45) is 5.41 Å². The first-order valence-corrected chi connectivity index (χ1v) is 10.2. The van der Waals surface area contributed by atoms with Crippen molar-refractivity contribution in [2.75, 3.05) is 6.54 Å². The molecule has 0 fully saturated rings. The van der Waals surface area contributed by atoms with Gasteiger partial charge in [-0.2, -0.15) is 0 Å². The van der Waals surface area contributed by atoms with Crippen molar-refractivity contribution in [1.82, 2.24) is 4.72 Å². The topological polar surface area (TPSA) is 46.2 Å². The minimum absolute atomic E-state index is 0.122. The fourth-order valence-electron chi connectivity index (χ4n) is 2.71. The smallest absolute Gasteiger partial charge is 0.211 e. The summed E-state index contributed by atoms with van der Waals surface area (Å²) >= 11 is 0. The molecular formula is C20H29NO2S. The summed E-state index contributed by atoms with van der Waals surface area (Å²) in [5.41, 5.74) is 2.34. The molecule has 0 atom stereocenters. The third-order valence-corrected chi connectivity index (χ3v) is 5.82. The fraction of sp³-hybridized carbons (Fsp3) is 0.500. The maximum Gasteiger partial charge on any atom is 0.240 e. The average molecular weight is 348 g/mol. The van der Waals surface area contributed by atoms with Crippen LogP contribution in [0.25, 0.3) is 0 Å². The van der Waals surface area contributed by atoms with Crippen LogP contribution in [0.2, 0.25) is 0 Å². The molecule has 4 heteroatoms. The van der Waals surface area contributed by atoms with Gasteiger partial charge in [-0.05, 0) is 56.6 Å². The molecule has 0 radical (unpaired) electrons. The van der Waals surface area contributed by atoms with Gasteiger partial charge in [0.15, 0.2) is 0 Å². The van der Waals surface area contributed by atoms with Crippen molar-refractivity contribution in [3.8, 4) is 0 Å². The molecule has 0 amide bonds. The van der Waals surface area contributed by atoms with Crippen molar-refractivity contribution in [3.05, 3.63) is 53.6 Å². The molecule has 1 aromatic carbocycles. The Kier molecular flexibility index (Phi) is 6.41. The lowest BCUT2D eigenvalue weighted by molar-refractivity contribution is 0.368. The van der Waals surface area contributed by atoms with Crippen LogP contribution < -0.4 is 4.72 Å². The average Bonchev–Trinajstić information content (AvgIpc) is 2.55. The van der Waals surface area contributed by atoms with E-state index in [2.05, 4.69) is 36.8 Å². The van der Waals surface area contributed by atoms with Crippen LogP contribution in [0.1, 0.15) is 51.5 Å². The Morgan fingerprint density at radius 1 is 1.17 bits per heavy atom. The first-order chi connectivity index (χ1) is 11.3. The second-order valence-electron chi connectivity index (χ2n) is 7.43. The quantitative estimate of drug-likeness (QED) is 0.774. The monoisotopic (exact) mass is 347 g/mol. The molecule has 0 spiro atoms. The summed E-state index contributed by atoms with van der Waals surface area (Å²) in [6, 6.07) is 6.95. The van der Waals surface area contributed by atoms with Gasteiger partial charge in [0.2, 0.25) is 10.0 Å². The number of rotatable bonds is 7. The van der Waals surface area contributed by atoms with Gasteiger partial charge in [-0.1, -0.05) is 55.3 Å². The Hall–Kier alpha value is -1.39. The van der Waals surface area contributed by atoms with Crippen LogP contribution in [0.5, 0.6) is 0 Å². The third-order valence-electron chi connectivity index (χ3n) is 4.40. The molecule has 3 nitrogen and oxygen atoms in total. The van der Waals surface area contributed by atoms with E-state index >= 15 is 0 Å². The SMILES string of the molecule is Cc1ccc(S(=O)(=O)NCC(C)(C)C/C=C/C2=CCCCC2)cc1. The number of benzene rings is 1. The van der Waals surface area contributed by atoms with Crippen molar-refractivity contribution in [1.29, 1.82) is 0 Å². The Balaban J connectivity index is 1.90. The summed E-state index contributed by atoms with van der Waals surface area (Å²) in [5.74, 6) is 0. The minimum Gasteiger partial charge on any atom is -0.211 e. The molecule has 0 aromatic heterocycles. The Labute approximate surface area is 146 Å². The van der Waals surface area contributed by atoms with Crippen LogP contribution in [-0.4, -0.2) is 15.0 Å². The highest BCUT2D eigenvalue weighted by molar-refractivity contribution is 7.89. The normalized spacial score (nSPS) is 16.4. The van der Waals surface area contributed by atoms with Gasteiger partial charge in [0, 0.05) is 6.54 Å². The van der Waals surface area contributed by atoms with E-state index in [-0.39, 0.29) is 5.41 Å². The number of hydrogen-bond acceptors (Lipinski definition) is 2. The Morgan fingerprint density at radius 3 is 2.50 bits per heavy atom. The van der Waals surface area contributed by atoms with E-state index in [9.17, 15) is 8.42 Å². The summed E-state index contributed by atoms with van der Waals surface area (Å²) in [6.07, 6.45) is 12.5. The Morgan fingerprint density at radius 2 is 1.88 bits per heavy atom. The molecule has 1 N–H and O–H groups in total. The van der Waals surface area contributed by atoms with E-state index < -0.39 is 10.0 Å². The van der Waals surface area contributed by atoms with E-state index in [1.54, 1.807) is 12.1 Å². The fourth-order valence-corrected chi connectivity index (χ4v) is 3.95. The van der Waals surface area contributed by atoms with Gasteiger partial charge in [0.1, 0.15) is 0 Å². The molecule has 2 rings (SSSR count). The summed E-state index contributed by atoms with van der Waals surface area (Å²) in [6.45, 7) is 6.54. The molecular weight excluding hydrogens is 318 g/mol. The Bertz CT molecular complexity index is 698. The van der Waals surface area contributed by atoms with E-state index in [0.717, 1.165) is 18.4 Å². The molecule has 0 bridgehead atoms. The van der Waals surface area contributed by atoms with E-state index in [1.165, 1.54) is 24.8 Å². The lowest BCUT2D eigenvalue weighted by Gasteiger charge is -2.23. The number of sulfonamides is 1. The van der Waals surface area contributed by atoms with Gasteiger partial charge in [-0.25, -0.2) is 13.1 Å². The van der Waals surface area contributed by atoms with Crippen LogP contribution in [0, 0.1) is 12.3 Å². The molecule has 0 saturated heterocycles. The maximum atomic E-state index is 12.4. The van der Waals surface area contributed by atoms with Gasteiger partial charge in [-0.3, -0.25) is 0 Å². The van der Waals surface area contributed by atoms with Gasteiger partial charge in [0.25, 0.3) is 0 Å². The lowest BCUT2D eigenvalue weighted by Crippen LogP contribution is -2.33. The zero-order valence-corrected chi connectivity index (χ0v) is 15.8. The van der Waals surface area contributed by atoms with Gasteiger partial charge in [-0.15, -0.1) is 0 Å². The minimum atomic E-state index is -3.44. The molecule has 24 heavy (non-hydrogen) atoms. The highest BCUT2D eigenvalue weighted by Crippen LogP contribution is 2.23. The highest BCUT2D eigenvalue weighted by atomic mass is 32.2. The largest absolute Gasteiger partial charge is 0.240 e. The van der Waals surface area contributed by atoms with Gasteiger partial charge >= 0.3 is 0 Å². The van der Waals surface area contributed by atoms with Gasteiger partial charge in [0.05, 0.1) is 4.90 Å². The van der Waals surface area contributed by atoms with E-state index in [4.69, 9.17) is 0 Å². The van der Waals surface area contributed by atoms with Crippen LogP contribution >= 0.6 is 0 Å². The number of aryl methyl sites for hydroxylation is 1. The number of hydrogen-bond donors (Lipinski definition) is 1. The van der Waals surface area contributed by atoms with Crippen LogP contribution in [0.15, 0.2) is 53.0 Å². The van der Waals surface area contributed by atoms with Gasteiger partial charge < -0.3 is 0 Å². The molecule has 0 aliphatic heterocycles. The lowest BCUT2D eigenvalue weighted by atomic mass is 9.89. The maximum absolute atomic E-state index is 12.4. The van der Waals surface area contributed by atoms with Crippen LogP contribution in [0.4, 0.5) is 0 Å². The molecule has 1 aliphatic carbocycles. The van der Waals surface area contributed by atoms with Crippen molar-refractivity contribution in [3.63, 3.8) is 0 Å². The van der Waals surface area contributed by atoms with Crippen LogP contribution in [-0.2, 0) is 10.0 Å². The van der Waals surface area contributed by atoms with E-state index in [1.807, 2.05) is 19.1 Å². The number of nitrogens with one attached hydrogen (secondary N) is 1. The first kappa shape index (κ1) is 18.9. The zero-order chi connectivity index (χ0) is 17.6. The van der Waals surface area contributed by atoms with Crippen molar-refractivity contribution >= 4 is 10.0 Å². The number of allylic oxidation sites excluding steroid dienone is 4. The second kappa shape index (κ2) is 8.13. The molecule has 0 saturated carbocycles. The summed E-state index contributed by atoms with van der Waals surface area (Å²) in [7, 11) is -3.44. The summed E-state index contributed by atoms with van der Waals surface area (Å²) < 4.78 is 27.5.